The first kappa shape index (κ1) is 30.2. The standard InChI is InChI=1S/C33H56O5/c1-2-14-26(27-16-7-8-17-27)15-5-3-4-6-18-28-29(19-13-24-36-32-20-9-11-22-35-32)31(25-30(28)34)38-33-21-10-12-23-37-33/h4,6,13,19,26-34H,2-3,5,7-12,14-18,20-25H2,1H3/t26?,28-,29-,30+,31-,32?,33?/m1/s1. The van der Waals surface area contributed by atoms with Crippen LogP contribution < -0.4 is 0 Å². The molecule has 4 aliphatic rings. The van der Waals surface area contributed by atoms with Gasteiger partial charge in [0.1, 0.15) is 0 Å². The number of aliphatic hydroxyl groups excluding tert-OH is 1. The van der Waals surface area contributed by atoms with Crippen LogP contribution in [0.25, 0.3) is 0 Å². The highest BCUT2D eigenvalue weighted by Crippen LogP contribution is 2.40. The van der Waals surface area contributed by atoms with Crippen LogP contribution in [0.4, 0.5) is 0 Å². The molecule has 0 radical (unpaired) electrons. The molecule has 2 saturated heterocycles. The minimum Gasteiger partial charge on any atom is -0.393 e. The molecule has 3 unspecified atom stereocenters. The van der Waals surface area contributed by atoms with Crippen LogP contribution in [-0.4, -0.2) is 49.7 Å². The second-order valence-electron chi connectivity index (χ2n) is 12.3. The van der Waals surface area contributed by atoms with Gasteiger partial charge < -0.3 is 24.1 Å². The molecule has 2 aliphatic carbocycles. The number of aliphatic hydroxyl groups is 1. The van der Waals surface area contributed by atoms with Crippen molar-refractivity contribution in [2.75, 3.05) is 19.8 Å². The van der Waals surface area contributed by atoms with Gasteiger partial charge in [-0.1, -0.05) is 69.8 Å². The van der Waals surface area contributed by atoms with Gasteiger partial charge >= 0.3 is 0 Å². The van der Waals surface area contributed by atoms with Gasteiger partial charge in [-0.15, -0.1) is 0 Å². The Bertz CT molecular complexity index is 675. The van der Waals surface area contributed by atoms with Gasteiger partial charge in [0.2, 0.25) is 0 Å². The normalized spacial score (nSPS) is 34.1. The number of allylic oxidation sites excluding steroid dienone is 2. The van der Waals surface area contributed by atoms with Crippen LogP contribution in [0.2, 0.25) is 0 Å². The molecule has 5 nitrogen and oxygen atoms in total. The van der Waals surface area contributed by atoms with Crippen LogP contribution in [-0.2, 0) is 18.9 Å². The highest BCUT2D eigenvalue weighted by atomic mass is 16.7. The molecule has 4 fully saturated rings. The molecule has 0 aromatic rings. The average Bonchev–Trinajstić information content (AvgIpc) is 3.58. The van der Waals surface area contributed by atoms with Crippen molar-refractivity contribution >= 4 is 0 Å². The summed E-state index contributed by atoms with van der Waals surface area (Å²) in [5, 5.41) is 11.0. The topological polar surface area (TPSA) is 57.2 Å². The van der Waals surface area contributed by atoms with Crippen molar-refractivity contribution < 1.29 is 24.1 Å². The van der Waals surface area contributed by atoms with E-state index in [0.29, 0.717) is 13.0 Å². The fourth-order valence-corrected chi connectivity index (χ4v) is 7.35. The van der Waals surface area contributed by atoms with Gasteiger partial charge in [-0.2, -0.15) is 0 Å². The largest absolute Gasteiger partial charge is 0.393 e. The Kier molecular flexibility index (Phi) is 13.7. The maximum Gasteiger partial charge on any atom is 0.157 e. The van der Waals surface area contributed by atoms with Gasteiger partial charge in [0.05, 0.1) is 18.8 Å². The summed E-state index contributed by atoms with van der Waals surface area (Å²) in [5.74, 6) is 2.27. The van der Waals surface area contributed by atoms with E-state index < -0.39 is 0 Å². The fourth-order valence-electron chi connectivity index (χ4n) is 7.35. The molecule has 4 rings (SSSR count). The molecule has 7 atom stereocenters. The lowest BCUT2D eigenvalue weighted by Gasteiger charge is -2.29. The number of ether oxygens (including phenoxy) is 4. The third-order valence-corrected chi connectivity index (χ3v) is 9.48. The molecule has 0 aromatic carbocycles. The van der Waals surface area contributed by atoms with Gasteiger partial charge in [-0.05, 0) is 82.0 Å². The molecule has 5 heteroatoms. The molecular formula is C33H56O5. The first-order valence-electron chi connectivity index (χ1n) is 16.2. The van der Waals surface area contributed by atoms with Crippen molar-refractivity contribution in [1.82, 2.24) is 0 Å². The van der Waals surface area contributed by atoms with Crippen LogP contribution in [0.5, 0.6) is 0 Å². The number of hydrogen-bond donors (Lipinski definition) is 1. The summed E-state index contributed by atoms with van der Waals surface area (Å²) in [4.78, 5) is 0. The predicted octanol–water partition coefficient (Wildman–Crippen LogP) is 7.72. The van der Waals surface area contributed by atoms with Gasteiger partial charge in [0.15, 0.2) is 12.6 Å². The molecule has 0 spiro atoms. The van der Waals surface area contributed by atoms with Gasteiger partial charge in [0, 0.05) is 25.6 Å². The number of unbranched alkanes of at least 4 members (excludes halogenated alkanes) is 1. The fraction of sp³-hybridized carbons (Fsp3) is 0.879. The Morgan fingerprint density at radius 3 is 2.32 bits per heavy atom. The monoisotopic (exact) mass is 532 g/mol. The first-order valence-corrected chi connectivity index (χ1v) is 16.2. The van der Waals surface area contributed by atoms with Crippen molar-refractivity contribution in [3.05, 3.63) is 24.3 Å². The van der Waals surface area contributed by atoms with E-state index in [2.05, 4.69) is 31.2 Å². The molecule has 218 valence electrons. The van der Waals surface area contributed by atoms with E-state index in [4.69, 9.17) is 18.9 Å². The van der Waals surface area contributed by atoms with Crippen LogP contribution in [0.3, 0.4) is 0 Å². The molecular weight excluding hydrogens is 476 g/mol. The number of hydrogen-bond acceptors (Lipinski definition) is 5. The molecule has 1 N–H and O–H groups in total. The van der Waals surface area contributed by atoms with E-state index in [0.717, 1.165) is 70.0 Å². The molecule has 38 heavy (non-hydrogen) atoms. The summed E-state index contributed by atoms with van der Waals surface area (Å²) >= 11 is 0. The third kappa shape index (κ3) is 9.73. The lowest BCUT2D eigenvalue weighted by atomic mass is 9.83. The van der Waals surface area contributed by atoms with Crippen LogP contribution in [0.1, 0.15) is 116 Å². The van der Waals surface area contributed by atoms with Crippen LogP contribution >= 0.6 is 0 Å². The summed E-state index contributed by atoms with van der Waals surface area (Å²) in [6.45, 7) is 4.47. The van der Waals surface area contributed by atoms with Gasteiger partial charge in [-0.25, -0.2) is 0 Å². The van der Waals surface area contributed by atoms with E-state index in [1.54, 1.807) is 0 Å². The van der Waals surface area contributed by atoms with Gasteiger partial charge in [-0.3, -0.25) is 0 Å². The Morgan fingerprint density at radius 1 is 0.868 bits per heavy atom. The second kappa shape index (κ2) is 17.2. The Hall–Kier alpha value is -0.720. The smallest absolute Gasteiger partial charge is 0.157 e. The van der Waals surface area contributed by atoms with Crippen molar-refractivity contribution in [3.8, 4) is 0 Å². The Labute approximate surface area is 232 Å². The Balaban J connectivity index is 1.26. The first-order chi connectivity index (χ1) is 18.7. The maximum atomic E-state index is 11.0. The minimum atomic E-state index is -0.346. The lowest BCUT2D eigenvalue weighted by molar-refractivity contribution is -0.193. The minimum absolute atomic E-state index is 0.00473. The summed E-state index contributed by atoms with van der Waals surface area (Å²) in [5.41, 5.74) is 0. The van der Waals surface area contributed by atoms with E-state index in [1.165, 1.54) is 57.8 Å². The highest BCUT2D eigenvalue weighted by molar-refractivity contribution is 5.05. The molecule has 0 bridgehead atoms. The average molecular weight is 533 g/mol. The summed E-state index contributed by atoms with van der Waals surface area (Å²) in [6.07, 6.45) is 28.9. The SMILES string of the molecule is CCCC(CCCC=CC[C@@H]1[C@@H](C=CCOC2CCCCO2)[C@H](OC2CCCCO2)C[C@@H]1O)C1CCCC1. The van der Waals surface area contributed by atoms with Crippen molar-refractivity contribution in [2.45, 2.75) is 141 Å². The zero-order valence-corrected chi connectivity index (χ0v) is 24.2. The van der Waals surface area contributed by atoms with E-state index >= 15 is 0 Å². The van der Waals surface area contributed by atoms with Crippen LogP contribution in [0, 0.1) is 23.7 Å². The third-order valence-electron chi connectivity index (χ3n) is 9.48. The van der Waals surface area contributed by atoms with Crippen molar-refractivity contribution in [2.24, 2.45) is 23.7 Å². The maximum absolute atomic E-state index is 11.0. The molecule has 2 aliphatic heterocycles. The van der Waals surface area contributed by atoms with Crippen molar-refractivity contribution in [3.63, 3.8) is 0 Å². The summed E-state index contributed by atoms with van der Waals surface area (Å²) in [6, 6.07) is 0. The second-order valence-corrected chi connectivity index (χ2v) is 12.3. The van der Waals surface area contributed by atoms with Crippen molar-refractivity contribution in [1.29, 1.82) is 0 Å². The molecule has 2 saturated carbocycles. The molecule has 2 heterocycles. The highest BCUT2D eigenvalue weighted by Gasteiger charge is 2.42. The van der Waals surface area contributed by atoms with E-state index in [1.807, 2.05) is 0 Å². The molecule has 0 aromatic heterocycles. The van der Waals surface area contributed by atoms with Crippen LogP contribution in [0.15, 0.2) is 24.3 Å². The zero-order valence-electron chi connectivity index (χ0n) is 24.2. The van der Waals surface area contributed by atoms with E-state index in [9.17, 15) is 5.11 Å². The summed E-state index contributed by atoms with van der Waals surface area (Å²) < 4.78 is 24.0. The quantitative estimate of drug-likeness (QED) is 0.173. The summed E-state index contributed by atoms with van der Waals surface area (Å²) in [7, 11) is 0. The lowest BCUT2D eigenvalue weighted by Crippen LogP contribution is -2.30. The zero-order chi connectivity index (χ0) is 26.4. The predicted molar refractivity (Wildman–Crippen MR) is 153 cm³/mol. The Morgan fingerprint density at radius 2 is 1.61 bits per heavy atom. The molecule has 0 amide bonds. The number of rotatable bonds is 15. The van der Waals surface area contributed by atoms with Gasteiger partial charge in [0.25, 0.3) is 0 Å². The van der Waals surface area contributed by atoms with E-state index in [-0.39, 0.29) is 36.6 Å².